The van der Waals surface area contributed by atoms with Crippen LogP contribution in [-0.4, -0.2) is 6.16 Å². The van der Waals surface area contributed by atoms with E-state index in [1.54, 1.807) is 0 Å². The zero-order valence-electron chi connectivity index (χ0n) is 13.2. The first-order valence-corrected chi connectivity index (χ1v) is 9.25. The Bertz CT molecular complexity index is 503. The molecule has 2 aromatic carbocycles. The summed E-state index contributed by atoms with van der Waals surface area (Å²) in [6.45, 7) is 6.81. The minimum Gasteiger partial charge on any atom is -0.0857 e. The highest BCUT2D eigenvalue weighted by atomic mass is 31.1. The van der Waals surface area contributed by atoms with E-state index in [0.29, 0.717) is 11.8 Å². The van der Waals surface area contributed by atoms with Crippen LogP contribution in [0.5, 0.6) is 0 Å². The summed E-state index contributed by atoms with van der Waals surface area (Å²) in [5.74, 6) is 1.24. The SMILES string of the molecule is CC(C)/C=C\[C@H](C)CP(c1ccccc1)c1ccccc1. The van der Waals surface area contributed by atoms with Gasteiger partial charge in [0, 0.05) is 0 Å². The van der Waals surface area contributed by atoms with Crippen LogP contribution < -0.4 is 10.6 Å². The van der Waals surface area contributed by atoms with Gasteiger partial charge in [0.05, 0.1) is 0 Å². The van der Waals surface area contributed by atoms with E-state index in [1.165, 1.54) is 16.8 Å². The summed E-state index contributed by atoms with van der Waals surface area (Å²) >= 11 is 0. The molecule has 0 spiro atoms. The van der Waals surface area contributed by atoms with E-state index < -0.39 is 0 Å². The molecule has 0 aliphatic heterocycles. The number of benzene rings is 2. The van der Waals surface area contributed by atoms with Gasteiger partial charge >= 0.3 is 0 Å². The average molecular weight is 296 g/mol. The third-order valence-electron chi connectivity index (χ3n) is 3.43. The lowest BCUT2D eigenvalue weighted by molar-refractivity contribution is 0.785. The third-order valence-corrected chi connectivity index (χ3v) is 6.21. The lowest BCUT2D eigenvalue weighted by Crippen LogP contribution is -2.16. The normalized spacial score (nSPS) is 13.2. The second kappa shape index (κ2) is 8.15. The second-order valence-corrected chi connectivity index (χ2v) is 8.14. The number of rotatable bonds is 6. The van der Waals surface area contributed by atoms with Crippen LogP contribution in [0.3, 0.4) is 0 Å². The van der Waals surface area contributed by atoms with Crippen molar-refractivity contribution in [2.24, 2.45) is 11.8 Å². The van der Waals surface area contributed by atoms with Crippen molar-refractivity contribution in [2.75, 3.05) is 6.16 Å². The van der Waals surface area contributed by atoms with Gasteiger partial charge < -0.3 is 0 Å². The molecular weight excluding hydrogens is 271 g/mol. The van der Waals surface area contributed by atoms with Gasteiger partial charge in [-0.3, -0.25) is 0 Å². The molecule has 0 aromatic heterocycles. The van der Waals surface area contributed by atoms with Gasteiger partial charge in [-0.1, -0.05) is 93.6 Å². The zero-order chi connectivity index (χ0) is 15.1. The molecule has 2 rings (SSSR count). The van der Waals surface area contributed by atoms with Crippen LogP contribution in [0.25, 0.3) is 0 Å². The summed E-state index contributed by atoms with van der Waals surface area (Å²) in [5, 5.41) is 2.95. The summed E-state index contributed by atoms with van der Waals surface area (Å²) in [6, 6.07) is 21.9. The Morgan fingerprint density at radius 1 is 0.762 bits per heavy atom. The maximum absolute atomic E-state index is 2.38. The van der Waals surface area contributed by atoms with Crippen LogP contribution in [0.4, 0.5) is 0 Å². The number of hydrogen-bond donors (Lipinski definition) is 0. The lowest BCUT2D eigenvalue weighted by Gasteiger charge is -2.21. The van der Waals surface area contributed by atoms with Crippen LogP contribution in [-0.2, 0) is 0 Å². The summed E-state index contributed by atoms with van der Waals surface area (Å²) in [5.41, 5.74) is 0. The van der Waals surface area contributed by atoms with Crippen molar-refractivity contribution in [3.05, 3.63) is 72.8 Å². The molecule has 0 fully saturated rings. The fourth-order valence-electron chi connectivity index (χ4n) is 2.34. The molecule has 0 bridgehead atoms. The van der Waals surface area contributed by atoms with Gasteiger partial charge in [0.2, 0.25) is 0 Å². The molecule has 0 heterocycles. The van der Waals surface area contributed by atoms with Gasteiger partial charge in [-0.15, -0.1) is 0 Å². The van der Waals surface area contributed by atoms with E-state index in [1.807, 2.05) is 0 Å². The van der Waals surface area contributed by atoms with Crippen molar-refractivity contribution >= 4 is 18.5 Å². The van der Waals surface area contributed by atoms with Crippen molar-refractivity contribution in [3.63, 3.8) is 0 Å². The first kappa shape index (κ1) is 16.0. The minimum atomic E-state index is -0.272. The highest BCUT2D eigenvalue weighted by Gasteiger charge is 2.15. The smallest absolute Gasteiger partial charge is 0.0185 e. The van der Waals surface area contributed by atoms with Gasteiger partial charge in [0.25, 0.3) is 0 Å². The molecule has 110 valence electrons. The third kappa shape index (κ3) is 5.14. The molecule has 21 heavy (non-hydrogen) atoms. The molecule has 0 nitrogen and oxygen atoms in total. The minimum absolute atomic E-state index is 0.272. The van der Waals surface area contributed by atoms with Gasteiger partial charge in [0.15, 0.2) is 0 Å². The predicted octanol–water partition coefficient (Wildman–Crippen LogP) is 4.97. The van der Waals surface area contributed by atoms with Crippen LogP contribution in [0, 0.1) is 11.8 Å². The number of hydrogen-bond acceptors (Lipinski definition) is 0. The molecule has 0 N–H and O–H groups in total. The standard InChI is InChI=1S/C20H25P/c1-17(2)14-15-18(3)16-21(19-10-6-4-7-11-19)20-12-8-5-9-13-20/h4-15,17-18H,16H2,1-3H3/b15-14-/t18-/m0/s1. The molecular formula is C20H25P. The Morgan fingerprint density at radius 3 is 1.67 bits per heavy atom. The van der Waals surface area contributed by atoms with Crippen molar-refractivity contribution in [2.45, 2.75) is 20.8 Å². The van der Waals surface area contributed by atoms with Crippen molar-refractivity contribution < 1.29 is 0 Å². The highest BCUT2D eigenvalue weighted by Crippen LogP contribution is 2.36. The van der Waals surface area contributed by atoms with Gasteiger partial charge in [0.1, 0.15) is 0 Å². The van der Waals surface area contributed by atoms with Crippen molar-refractivity contribution in [1.82, 2.24) is 0 Å². The Labute approximate surface area is 130 Å². The maximum Gasteiger partial charge on any atom is -0.0185 e. The topological polar surface area (TPSA) is 0 Å². The molecule has 1 heteroatoms. The molecule has 0 amide bonds. The Kier molecular flexibility index (Phi) is 6.21. The average Bonchev–Trinajstić information content (AvgIpc) is 2.52. The van der Waals surface area contributed by atoms with E-state index >= 15 is 0 Å². The first-order chi connectivity index (χ1) is 10.2. The molecule has 0 aliphatic carbocycles. The largest absolute Gasteiger partial charge is 0.0857 e. The Balaban J connectivity index is 2.21. The van der Waals surface area contributed by atoms with Crippen molar-refractivity contribution in [3.8, 4) is 0 Å². The summed E-state index contributed by atoms with van der Waals surface area (Å²) in [4.78, 5) is 0. The number of allylic oxidation sites excluding steroid dienone is 2. The summed E-state index contributed by atoms with van der Waals surface area (Å²) in [6.07, 6.45) is 5.92. The maximum atomic E-state index is 2.38. The molecule has 0 unspecified atom stereocenters. The molecule has 0 radical (unpaired) electrons. The van der Waals surface area contributed by atoms with Gasteiger partial charge in [-0.05, 0) is 36.5 Å². The van der Waals surface area contributed by atoms with E-state index in [2.05, 4.69) is 93.6 Å². The lowest BCUT2D eigenvalue weighted by atomic mass is 10.1. The Morgan fingerprint density at radius 2 is 1.24 bits per heavy atom. The van der Waals surface area contributed by atoms with Crippen LogP contribution in [0.2, 0.25) is 0 Å². The van der Waals surface area contributed by atoms with E-state index in [0.717, 1.165) is 0 Å². The quantitative estimate of drug-likeness (QED) is 0.521. The van der Waals surface area contributed by atoms with E-state index in [9.17, 15) is 0 Å². The second-order valence-electron chi connectivity index (χ2n) is 5.89. The van der Waals surface area contributed by atoms with Gasteiger partial charge in [-0.2, -0.15) is 0 Å². The van der Waals surface area contributed by atoms with Crippen LogP contribution in [0.15, 0.2) is 72.8 Å². The van der Waals surface area contributed by atoms with E-state index in [4.69, 9.17) is 0 Å². The van der Waals surface area contributed by atoms with E-state index in [-0.39, 0.29) is 7.92 Å². The molecule has 1 atom stereocenters. The highest BCUT2D eigenvalue weighted by molar-refractivity contribution is 7.73. The zero-order valence-corrected chi connectivity index (χ0v) is 14.1. The molecule has 0 saturated heterocycles. The van der Waals surface area contributed by atoms with Gasteiger partial charge in [-0.25, -0.2) is 0 Å². The fourth-order valence-corrected chi connectivity index (χ4v) is 4.82. The summed E-state index contributed by atoms with van der Waals surface area (Å²) < 4.78 is 0. The Hall–Kier alpha value is -1.39. The molecule has 2 aromatic rings. The monoisotopic (exact) mass is 296 g/mol. The first-order valence-electron chi connectivity index (χ1n) is 7.73. The predicted molar refractivity (Wildman–Crippen MR) is 97.1 cm³/mol. The summed E-state index contributed by atoms with van der Waals surface area (Å²) in [7, 11) is -0.272. The van der Waals surface area contributed by atoms with Crippen LogP contribution >= 0.6 is 7.92 Å². The van der Waals surface area contributed by atoms with Crippen LogP contribution in [0.1, 0.15) is 20.8 Å². The molecule has 0 aliphatic rings. The van der Waals surface area contributed by atoms with Crippen molar-refractivity contribution in [1.29, 1.82) is 0 Å². The molecule has 0 saturated carbocycles. The fraction of sp³-hybridized carbons (Fsp3) is 0.300.